The molecule has 4 aromatic rings. The van der Waals surface area contributed by atoms with Gasteiger partial charge in [0.15, 0.2) is 5.16 Å². The van der Waals surface area contributed by atoms with E-state index in [4.69, 9.17) is 0 Å². The average molecular weight is 439 g/mol. The van der Waals surface area contributed by atoms with E-state index in [1.807, 2.05) is 51.1 Å². The Kier molecular flexibility index (Phi) is 5.20. The summed E-state index contributed by atoms with van der Waals surface area (Å²) in [6.45, 7) is 5.56. The van der Waals surface area contributed by atoms with E-state index >= 15 is 0 Å². The predicted molar refractivity (Wildman–Crippen MR) is 121 cm³/mol. The summed E-state index contributed by atoms with van der Waals surface area (Å²) >= 11 is 1.16. The Labute approximate surface area is 180 Å². The predicted octanol–water partition coefficient (Wildman–Crippen LogP) is 5.13. The molecule has 0 aliphatic rings. The highest BCUT2D eigenvalue weighted by Gasteiger charge is 2.27. The fraction of sp³-hybridized carbons (Fsp3) is 0.217. The van der Waals surface area contributed by atoms with Crippen LogP contribution in [0.1, 0.15) is 20.8 Å². The van der Waals surface area contributed by atoms with Crippen LogP contribution in [0.4, 0.5) is 0 Å². The lowest BCUT2D eigenvalue weighted by molar-refractivity contribution is -0.123. The molecule has 4 rings (SSSR count). The van der Waals surface area contributed by atoms with Crippen LogP contribution in [0.2, 0.25) is 0 Å². The topological polar surface area (TPSA) is 69.0 Å². The van der Waals surface area contributed by atoms with E-state index in [1.54, 1.807) is 36.4 Å². The summed E-state index contributed by atoms with van der Waals surface area (Å²) < 4.78 is 28.5. The molecular formula is C23H22N2O3S2. The molecule has 0 unspecified atom stereocenters. The zero-order valence-electron chi connectivity index (χ0n) is 17.0. The fourth-order valence-electron chi connectivity index (χ4n) is 3.08. The first kappa shape index (κ1) is 20.6. The first-order valence-electron chi connectivity index (χ1n) is 9.56. The molecule has 1 heterocycles. The summed E-state index contributed by atoms with van der Waals surface area (Å²) in [6.07, 6.45) is 0. The van der Waals surface area contributed by atoms with Crippen molar-refractivity contribution in [3.63, 3.8) is 0 Å². The number of nitrogens with zero attached hydrogens (tertiary/aromatic N) is 2. The summed E-state index contributed by atoms with van der Waals surface area (Å²) in [5.74, 6) is 0.189. The Hall–Kier alpha value is -2.64. The van der Waals surface area contributed by atoms with Gasteiger partial charge in [-0.25, -0.2) is 17.4 Å². The number of imidazole rings is 1. The number of hydrogen-bond donors (Lipinski definition) is 0. The van der Waals surface area contributed by atoms with Gasteiger partial charge in [-0.1, -0.05) is 75.0 Å². The van der Waals surface area contributed by atoms with Crippen LogP contribution in [-0.4, -0.2) is 28.9 Å². The highest BCUT2D eigenvalue weighted by molar-refractivity contribution is 8.00. The third-order valence-corrected chi connectivity index (χ3v) is 7.67. The molecule has 30 heavy (non-hydrogen) atoms. The monoisotopic (exact) mass is 438 g/mol. The lowest BCUT2D eigenvalue weighted by atomic mass is 9.92. The smallest absolute Gasteiger partial charge is 0.270 e. The zero-order valence-corrected chi connectivity index (χ0v) is 18.6. The molecule has 0 atom stereocenters. The van der Waals surface area contributed by atoms with Crippen LogP contribution in [0, 0.1) is 5.41 Å². The molecule has 7 heteroatoms. The number of rotatable bonds is 5. The van der Waals surface area contributed by atoms with Gasteiger partial charge >= 0.3 is 0 Å². The molecule has 0 aliphatic heterocycles. The van der Waals surface area contributed by atoms with Gasteiger partial charge in [-0.05, 0) is 35.0 Å². The van der Waals surface area contributed by atoms with Crippen molar-refractivity contribution < 1.29 is 13.2 Å². The maximum Gasteiger partial charge on any atom is 0.270 e. The van der Waals surface area contributed by atoms with E-state index in [1.165, 1.54) is 3.97 Å². The lowest BCUT2D eigenvalue weighted by Crippen LogP contribution is -2.22. The first-order chi connectivity index (χ1) is 14.2. The molecule has 0 fully saturated rings. The molecule has 5 nitrogen and oxygen atoms in total. The second kappa shape index (κ2) is 7.56. The van der Waals surface area contributed by atoms with E-state index in [9.17, 15) is 13.2 Å². The molecule has 1 aromatic heterocycles. The summed E-state index contributed by atoms with van der Waals surface area (Å²) in [7, 11) is -3.91. The molecule has 0 spiro atoms. The van der Waals surface area contributed by atoms with Crippen molar-refractivity contribution in [1.82, 2.24) is 8.96 Å². The maximum atomic E-state index is 13.6. The third kappa shape index (κ3) is 3.75. The third-order valence-electron chi connectivity index (χ3n) is 4.92. The minimum atomic E-state index is -3.91. The second-order valence-electron chi connectivity index (χ2n) is 8.12. The maximum absolute atomic E-state index is 13.6. The van der Waals surface area contributed by atoms with Gasteiger partial charge in [-0.3, -0.25) is 4.79 Å². The molecule has 0 amide bonds. The van der Waals surface area contributed by atoms with Gasteiger partial charge in [-0.15, -0.1) is 0 Å². The Balaban J connectivity index is 1.84. The van der Waals surface area contributed by atoms with E-state index in [0.717, 1.165) is 22.5 Å². The van der Waals surface area contributed by atoms with E-state index in [0.29, 0.717) is 16.2 Å². The van der Waals surface area contributed by atoms with Crippen LogP contribution in [0.15, 0.2) is 76.8 Å². The number of aromatic nitrogens is 2. The van der Waals surface area contributed by atoms with Gasteiger partial charge in [-0.2, -0.15) is 0 Å². The van der Waals surface area contributed by atoms with Crippen molar-refractivity contribution in [2.75, 3.05) is 5.75 Å². The Morgan fingerprint density at radius 3 is 2.37 bits per heavy atom. The minimum Gasteiger partial charge on any atom is -0.298 e. The van der Waals surface area contributed by atoms with Crippen LogP contribution < -0.4 is 0 Å². The number of Topliss-reactive ketones (excluding diaryl/α,β-unsaturated/α-hetero) is 1. The van der Waals surface area contributed by atoms with Crippen LogP contribution in [-0.2, 0) is 14.8 Å². The summed E-state index contributed by atoms with van der Waals surface area (Å²) in [5.41, 5.74) is 0.574. The van der Waals surface area contributed by atoms with E-state index in [2.05, 4.69) is 4.98 Å². The van der Waals surface area contributed by atoms with Gasteiger partial charge in [0.1, 0.15) is 5.78 Å². The van der Waals surface area contributed by atoms with Crippen molar-refractivity contribution in [3.05, 3.63) is 66.7 Å². The number of para-hydroxylation sites is 2. The van der Waals surface area contributed by atoms with Crippen molar-refractivity contribution in [3.8, 4) is 0 Å². The average Bonchev–Trinajstić information content (AvgIpc) is 3.10. The number of ketones is 1. The Bertz CT molecular complexity index is 1370. The first-order valence-corrected chi connectivity index (χ1v) is 12.0. The highest BCUT2D eigenvalue weighted by atomic mass is 32.2. The number of fused-ring (bicyclic) bond motifs is 2. The van der Waals surface area contributed by atoms with E-state index < -0.39 is 15.4 Å². The zero-order chi connectivity index (χ0) is 21.5. The number of hydrogen-bond acceptors (Lipinski definition) is 5. The van der Waals surface area contributed by atoms with Crippen molar-refractivity contribution in [2.45, 2.75) is 30.8 Å². The lowest BCUT2D eigenvalue weighted by Gasteiger charge is -2.16. The number of benzene rings is 3. The molecule has 0 bridgehead atoms. The second-order valence-corrected chi connectivity index (χ2v) is 10.9. The molecule has 154 valence electrons. The van der Waals surface area contributed by atoms with Crippen molar-refractivity contribution in [2.24, 2.45) is 5.41 Å². The molecular weight excluding hydrogens is 416 g/mol. The van der Waals surface area contributed by atoms with Crippen LogP contribution >= 0.6 is 11.8 Å². The number of carbonyl (C=O) groups is 1. The summed E-state index contributed by atoms with van der Waals surface area (Å²) in [5, 5.41) is 2.11. The molecule has 0 aliphatic carbocycles. The standard InChI is InChI=1S/C23H22N2O3S2/c1-23(2,3)21(26)15-29-22-24-19-10-6-7-11-20(19)25(22)30(27,28)18-13-12-16-8-4-5-9-17(16)14-18/h4-14H,15H2,1-3H3. The molecule has 0 saturated carbocycles. The Morgan fingerprint density at radius 2 is 1.63 bits per heavy atom. The molecule has 0 N–H and O–H groups in total. The Morgan fingerprint density at radius 1 is 0.967 bits per heavy atom. The van der Waals surface area contributed by atoms with Gasteiger partial charge in [0.25, 0.3) is 10.0 Å². The summed E-state index contributed by atoms with van der Waals surface area (Å²) in [4.78, 5) is 17.1. The molecule has 0 saturated heterocycles. The van der Waals surface area contributed by atoms with Gasteiger partial charge < -0.3 is 0 Å². The van der Waals surface area contributed by atoms with Crippen LogP contribution in [0.25, 0.3) is 21.8 Å². The van der Waals surface area contributed by atoms with Crippen LogP contribution in [0.5, 0.6) is 0 Å². The molecule has 0 radical (unpaired) electrons. The van der Waals surface area contributed by atoms with Gasteiger partial charge in [0, 0.05) is 5.41 Å². The normalized spacial score (nSPS) is 12.5. The quantitative estimate of drug-likeness (QED) is 0.404. The largest absolute Gasteiger partial charge is 0.298 e. The number of thioether (sulfide) groups is 1. The van der Waals surface area contributed by atoms with Crippen molar-refractivity contribution in [1.29, 1.82) is 0 Å². The van der Waals surface area contributed by atoms with Crippen molar-refractivity contribution >= 4 is 49.4 Å². The minimum absolute atomic E-state index is 0.0363. The van der Waals surface area contributed by atoms with Gasteiger partial charge in [0.05, 0.1) is 21.7 Å². The SMILES string of the molecule is CC(C)(C)C(=O)CSc1nc2ccccc2n1S(=O)(=O)c1ccc2ccccc2c1. The summed E-state index contributed by atoms with van der Waals surface area (Å²) in [6, 6.07) is 19.8. The van der Waals surface area contributed by atoms with Gasteiger partial charge in [0.2, 0.25) is 0 Å². The van der Waals surface area contributed by atoms with E-state index in [-0.39, 0.29) is 16.4 Å². The number of carbonyl (C=O) groups excluding carboxylic acids is 1. The molecule has 3 aromatic carbocycles. The van der Waals surface area contributed by atoms with Crippen LogP contribution in [0.3, 0.4) is 0 Å². The highest BCUT2D eigenvalue weighted by Crippen LogP contribution is 2.31. The fourth-order valence-corrected chi connectivity index (χ4v) is 6.00.